The quantitative estimate of drug-likeness (QED) is 0.579. The third kappa shape index (κ3) is 5.47. The average molecular weight is 319 g/mol. The molecule has 3 unspecified atom stereocenters. The number of hydrogen-bond acceptors (Lipinski definition) is 4. The van der Waals surface area contributed by atoms with Crippen molar-refractivity contribution in [2.24, 2.45) is 5.92 Å². The molecule has 2 N–H and O–H groups in total. The fraction of sp³-hybridized carbons (Fsp3) is 0.867. The van der Waals surface area contributed by atoms with Crippen LogP contribution >= 0.6 is 12.4 Å². The van der Waals surface area contributed by atoms with Crippen LogP contribution in [0.4, 0.5) is 0 Å². The number of halogens is 1. The molecule has 6 heteroatoms. The smallest absolute Gasteiger partial charge is 0.305 e. The summed E-state index contributed by atoms with van der Waals surface area (Å²) in [7, 11) is 0. The van der Waals surface area contributed by atoms with Crippen molar-refractivity contribution in [2.45, 2.75) is 64.0 Å². The van der Waals surface area contributed by atoms with Crippen LogP contribution in [-0.2, 0) is 14.3 Å². The summed E-state index contributed by atoms with van der Waals surface area (Å²) in [5, 5.41) is 6.38. The number of nitrogens with one attached hydrogen (secondary N) is 2. The van der Waals surface area contributed by atoms with Crippen molar-refractivity contribution in [1.82, 2.24) is 10.6 Å². The first kappa shape index (κ1) is 18.2. The Labute approximate surface area is 133 Å². The van der Waals surface area contributed by atoms with Crippen LogP contribution in [0, 0.1) is 5.92 Å². The van der Waals surface area contributed by atoms with Gasteiger partial charge in [0.1, 0.15) is 0 Å². The minimum absolute atomic E-state index is 0. The van der Waals surface area contributed by atoms with Gasteiger partial charge in [-0.2, -0.15) is 0 Å². The fourth-order valence-electron chi connectivity index (χ4n) is 3.32. The maximum Gasteiger partial charge on any atom is 0.305 e. The van der Waals surface area contributed by atoms with E-state index in [-0.39, 0.29) is 30.3 Å². The molecule has 1 heterocycles. The summed E-state index contributed by atoms with van der Waals surface area (Å²) in [6, 6.07) is 0.504. The molecular weight excluding hydrogens is 292 g/mol. The number of carbonyl (C=O) groups is 2. The van der Waals surface area contributed by atoms with E-state index < -0.39 is 0 Å². The maximum absolute atomic E-state index is 12.1. The van der Waals surface area contributed by atoms with E-state index in [9.17, 15) is 9.59 Å². The van der Waals surface area contributed by atoms with E-state index in [2.05, 4.69) is 10.6 Å². The van der Waals surface area contributed by atoms with E-state index >= 15 is 0 Å². The summed E-state index contributed by atoms with van der Waals surface area (Å²) in [5.74, 6) is 0.578. The number of fused-ring (bicyclic) bond motifs is 1. The van der Waals surface area contributed by atoms with Gasteiger partial charge in [0.05, 0.1) is 12.6 Å². The Morgan fingerprint density at radius 3 is 2.76 bits per heavy atom. The number of hydrogen-bond donors (Lipinski definition) is 2. The lowest BCUT2D eigenvalue weighted by atomic mass is 9.85. The van der Waals surface area contributed by atoms with E-state index in [4.69, 9.17) is 4.74 Å². The molecule has 0 radical (unpaired) electrons. The molecule has 0 bridgehead atoms. The molecule has 21 heavy (non-hydrogen) atoms. The highest BCUT2D eigenvalue weighted by Crippen LogP contribution is 2.33. The molecule has 0 aromatic rings. The lowest BCUT2D eigenvalue weighted by Gasteiger charge is -2.24. The highest BCUT2D eigenvalue weighted by molar-refractivity contribution is 5.85. The first-order chi connectivity index (χ1) is 9.70. The summed E-state index contributed by atoms with van der Waals surface area (Å²) in [4.78, 5) is 23.2. The second-order valence-electron chi connectivity index (χ2n) is 5.81. The molecule has 1 saturated carbocycles. The van der Waals surface area contributed by atoms with Gasteiger partial charge in [-0.25, -0.2) is 0 Å². The van der Waals surface area contributed by atoms with Crippen LogP contribution < -0.4 is 10.6 Å². The zero-order valence-corrected chi connectivity index (χ0v) is 13.5. The standard InChI is InChI=1S/C15H26N2O3.ClH/c1-2-20-14(18)8-5-9-16-15(19)13-10-11-6-3-4-7-12(11)17-13;/h11-13,17H,2-10H2,1H3,(H,16,19);1H. The van der Waals surface area contributed by atoms with E-state index in [0.717, 1.165) is 6.42 Å². The Kier molecular flexibility index (Phi) is 8.04. The number of esters is 1. The molecule has 3 atom stereocenters. The van der Waals surface area contributed by atoms with Gasteiger partial charge in [0, 0.05) is 19.0 Å². The normalized spacial score (nSPS) is 27.4. The zero-order chi connectivity index (χ0) is 14.4. The van der Waals surface area contributed by atoms with Crippen molar-refractivity contribution in [3.05, 3.63) is 0 Å². The van der Waals surface area contributed by atoms with Gasteiger partial charge in [-0.05, 0) is 38.5 Å². The molecule has 2 aliphatic rings. The van der Waals surface area contributed by atoms with Crippen molar-refractivity contribution >= 4 is 24.3 Å². The van der Waals surface area contributed by atoms with Gasteiger partial charge in [0.25, 0.3) is 0 Å². The zero-order valence-electron chi connectivity index (χ0n) is 12.7. The minimum atomic E-state index is -0.188. The van der Waals surface area contributed by atoms with E-state index in [1.807, 2.05) is 0 Å². The third-order valence-electron chi connectivity index (χ3n) is 4.34. The number of carbonyl (C=O) groups excluding carboxylic acids is 2. The highest BCUT2D eigenvalue weighted by atomic mass is 35.5. The molecule has 2 rings (SSSR count). The Bertz CT molecular complexity index is 338. The lowest BCUT2D eigenvalue weighted by Crippen LogP contribution is -2.43. The fourth-order valence-corrected chi connectivity index (χ4v) is 3.32. The third-order valence-corrected chi connectivity index (χ3v) is 4.34. The summed E-state index contributed by atoms with van der Waals surface area (Å²) in [6.45, 7) is 2.76. The predicted octanol–water partition coefficient (Wildman–Crippen LogP) is 1.79. The van der Waals surface area contributed by atoms with Gasteiger partial charge >= 0.3 is 5.97 Å². The van der Waals surface area contributed by atoms with E-state index in [1.165, 1.54) is 25.7 Å². The SMILES string of the molecule is CCOC(=O)CCCNC(=O)C1CC2CCCCC2N1.Cl. The summed E-state index contributed by atoms with van der Waals surface area (Å²) < 4.78 is 4.85. The molecule has 1 amide bonds. The summed E-state index contributed by atoms with van der Waals surface area (Å²) >= 11 is 0. The number of rotatable bonds is 6. The van der Waals surface area contributed by atoms with Crippen LogP contribution in [0.3, 0.4) is 0 Å². The molecule has 1 aliphatic carbocycles. The Hall–Kier alpha value is -0.810. The van der Waals surface area contributed by atoms with Crippen LogP contribution in [0.5, 0.6) is 0 Å². The van der Waals surface area contributed by atoms with Gasteiger partial charge in [0.15, 0.2) is 0 Å². The predicted molar refractivity (Wildman–Crippen MR) is 83.4 cm³/mol. The van der Waals surface area contributed by atoms with Crippen LogP contribution in [-0.4, -0.2) is 37.1 Å². The van der Waals surface area contributed by atoms with Crippen molar-refractivity contribution in [3.63, 3.8) is 0 Å². The monoisotopic (exact) mass is 318 g/mol. The molecule has 5 nitrogen and oxygen atoms in total. The van der Waals surface area contributed by atoms with Crippen molar-refractivity contribution in [2.75, 3.05) is 13.2 Å². The molecule has 0 aromatic carbocycles. The molecule has 1 aliphatic heterocycles. The lowest BCUT2D eigenvalue weighted by molar-refractivity contribution is -0.143. The van der Waals surface area contributed by atoms with Crippen LogP contribution in [0.15, 0.2) is 0 Å². The van der Waals surface area contributed by atoms with Gasteiger partial charge in [-0.1, -0.05) is 12.8 Å². The topological polar surface area (TPSA) is 67.4 Å². The van der Waals surface area contributed by atoms with Crippen molar-refractivity contribution in [3.8, 4) is 0 Å². The van der Waals surface area contributed by atoms with Crippen LogP contribution in [0.2, 0.25) is 0 Å². The molecule has 2 fully saturated rings. The average Bonchev–Trinajstić information content (AvgIpc) is 2.87. The van der Waals surface area contributed by atoms with Gasteiger partial charge in [-0.3, -0.25) is 9.59 Å². The van der Waals surface area contributed by atoms with Gasteiger partial charge in [0.2, 0.25) is 5.91 Å². The van der Waals surface area contributed by atoms with Gasteiger partial charge in [-0.15, -0.1) is 12.4 Å². The Morgan fingerprint density at radius 2 is 2.05 bits per heavy atom. The first-order valence-corrected chi connectivity index (χ1v) is 7.90. The molecular formula is C15H27ClN2O3. The van der Waals surface area contributed by atoms with E-state index in [1.54, 1.807) is 6.92 Å². The largest absolute Gasteiger partial charge is 0.466 e. The molecule has 0 aromatic heterocycles. The van der Waals surface area contributed by atoms with E-state index in [0.29, 0.717) is 38.0 Å². The highest BCUT2D eigenvalue weighted by Gasteiger charge is 2.37. The van der Waals surface area contributed by atoms with Crippen molar-refractivity contribution < 1.29 is 14.3 Å². The Morgan fingerprint density at radius 1 is 1.29 bits per heavy atom. The number of amides is 1. The van der Waals surface area contributed by atoms with Crippen LogP contribution in [0.25, 0.3) is 0 Å². The Balaban J connectivity index is 0.00000220. The first-order valence-electron chi connectivity index (χ1n) is 7.90. The maximum atomic E-state index is 12.1. The van der Waals surface area contributed by atoms with Crippen molar-refractivity contribution in [1.29, 1.82) is 0 Å². The second kappa shape index (κ2) is 9.26. The summed E-state index contributed by atoms with van der Waals surface area (Å²) in [6.07, 6.45) is 7.02. The van der Waals surface area contributed by atoms with Crippen LogP contribution in [0.1, 0.15) is 51.9 Å². The molecule has 122 valence electrons. The summed E-state index contributed by atoms with van der Waals surface area (Å²) in [5.41, 5.74) is 0. The molecule has 0 spiro atoms. The second-order valence-corrected chi connectivity index (χ2v) is 5.81. The number of ether oxygens (including phenoxy) is 1. The molecule has 1 saturated heterocycles. The van der Waals surface area contributed by atoms with Gasteiger partial charge < -0.3 is 15.4 Å². The minimum Gasteiger partial charge on any atom is -0.466 e.